The average Bonchev–Trinajstić information content (AvgIpc) is 3.94. The first-order valence-electron chi connectivity index (χ1n) is 19.6. The number of benzene rings is 7. The number of allylic oxidation sites excluding steroid dienone is 1. The summed E-state index contributed by atoms with van der Waals surface area (Å²) in [6, 6.07) is 60.0. The third kappa shape index (κ3) is 4.95. The number of hydrogen-bond acceptors (Lipinski definition) is 3. The summed E-state index contributed by atoms with van der Waals surface area (Å²) in [5, 5.41) is 5.85. The lowest BCUT2D eigenvalue weighted by Gasteiger charge is -2.13. The van der Waals surface area contributed by atoms with Crippen molar-refractivity contribution < 1.29 is 4.42 Å². The Morgan fingerprint density at radius 1 is 0.456 bits per heavy atom. The molecule has 57 heavy (non-hydrogen) atoms. The Balaban J connectivity index is 1.03. The van der Waals surface area contributed by atoms with Gasteiger partial charge >= 0.3 is 0 Å². The van der Waals surface area contributed by atoms with Crippen molar-refractivity contribution in [1.82, 2.24) is 19.1 Å². The zero-order chi connectivity index (χ0) is 37.5. The highest BCUT2D eigenvalue weighted by Gasteiger charge is 2.23. The number of fused-ring (bicyclic) bond motifs is 9. The summed E-state index contributed by atoms with van der Waals surface area (Å²) in [6.07, 6.45) is 6.60. The quantitative estimate of drug-likeness (QED) is 0.177. The van der Waals surface area contributed by atoms with E-state index in [0.29, 0.717) is 5.95 Å². The SMILES string of the molecule is C1=Cc2c(n(-c3cccc4c3oc3ccccc34)c3ccc(-c4ccc5c(c4)c4ccccc4n5-c4nc(-c5ccccc5)cc(-c5ccccc5)n4)cc23)CC1. The molecule has 0 saturated carbocycles. The Labute approximate surface area is 328 Å². The molecule has 12 rings (SSSR count). The Kier molecular flexibility index (Phi) is 6.99. The van der Waals surface area contributed by atoms with Gasteiger partial charge in [0.1, 0.15) is 5.58 Å². The van der Waals surface area contributed by atoms with E-state index < -0.39 is 0 Å². The van der Waals surface area contributed by atoms with E-state index in [0.717, 1.165) is 90.4 Å². The van der Waals surface area contributed by atoms with Crippen LogP contribution in [0.1, 0.15) is 17.7 Å². The molecule has 5 heteroatoms. The monoisotopic (exact) mass is 730 g/mol. The summed E-state index contributed by atoms with van der Waals surface area (Å²) >= 11 is 0. The molecule has 0 fully saturated rings. The number of rotatable bonds is 5. The summed E-state index contributed by atoms with van der Waals surface area (Å²) in [4.78, 5) is 10.4. The maximum Gasteiger partial charge on any atom is 0.235 e. The van der Waals surface area contributed by atoms with E-state index in [1.807, 2.05) is 18.2 Å². The fraction of sp³-hybridized carbons (Fsp3) is 0.0385. The number of aromatic nitrogens is 4. The molecule has 7 aromatic carbocycles. The van der Waals surface area contributed by atoms with Crippen LogP contribution in [0, 0.1) is 0 Å². The van der Waals surface area contributed by atoms with Crippen LogP contribution >= 0.6 is 0 Å². The van der Waals surface area contributed by atoms with Crippen molar-refractivity contribution in [3.63, 3.8) is 0 Å². The molecule has 4 aromatic heterocycles. The Hall–Kier alpha value is -7.50. The van der Waals surface area contributed by atoms with E-state index in [9.17, 15) is 0 Å². The van der Waals surface area contributed by atoms with E-state index >= 15 is 0 Å². The normalized spacial score (nSPS) is 12.7. The molecule has 5 nitrogen and oxygen atoms in total. The highest BCUT2D eigenvalue weighted by atomic mass is 16.3. The van der Waals surface area contributed by atoms with Gasteiger partial charge in [-0.1, -0.05) is 133 Å². The zero-order valence-electron chi connectivity index (χ0n) is 30.9. The van der Waals surface area contributed by atoms with E-state index in [2.05, 4.69) is 173 Å². The van der Waals surface area contributed by atoms with Crippen LogP contribution in [0.3, 0.4) is 0 Å². The van der Waals surface area contributed by atoms with Crippen molar-refractivity contribution in [2.24, 2.45) is 0 Å². The van der Waals surface area contributed by atoms with Gasteiger partial charge in [-0.3, -0.25) is 4.57 Å². The summed E-state index contributed by atoms with van der Waals surface area (Å²) in [5.74, 6) is 0.648. The number of hydrogen-bond donors (Lipinski definition) is 0. The highest BCUT2D eigenvalue weighted by molar-refractivity contribution is 6.11. The summed E-state index contributed by atoms with van der Waals surface area (Å²) in [7, 11) is 0. The Morgan fingerprint density at radius 3 is 1.82 bits per heavy atom. The smallest absolute Gasteiger partial charge is 0.235 e. The lowest BCUT2D eigenvalue weighted by atomic mass is 9.98. The second-order valence-corrected chi connectivity index (χ2v) is 14.9. The van der Waals surface area contributed by atoms with Gasteiger partial charge in [0.15, 0.2) is 5.58 Å². The van der Waals surface area contributed by atoms with Gasteiger partial charge in [0, 0.05) is 49.3 Å². The first-order valence-corrected chi connectivity index (χ1v) is 19.6. The van der Waals surface area contributed by atoms with E-state index in [-0.39, 0.29) is 0 Å². The van der Waals surface area contributed by atoms with Crippen molar-refractivity contribution in [2.45, 2.75) is 12.8 Å². The fourth-order valence-corrected chi connectivity index (χ4v) is 9.00. The van der Waals surface area contributed by atoms with E-state index in [4.69, 9.17) is 14.4 Å². The molecule has 0 spiro atoms. The lowest BCUT2D eigenvalue weighted by Crippen LogP contribution is -2.03. The molecule has 4 heterocycles. The predicted octanol–water partition coefficient (Wildman–Crippen LogP) is 13.4. The van der Waals surface area contributed by atoms with Gasteiger partial charge in [0.2, 0.25) is 5.95 Å². The Bertz CT molecular complexity index is 3350. The van der Waals surface area contributed by atoms with Crippen LogP contribution in [0.2, 0.25) is 0 Å². The van der Waals surface area contributed by atoms with Crippen LogP contribution < -0.4 is 0 Å². The minimum atomic E-state index is 0.648. The molecular formula is C52H34N4O. The Morgan fingerprint density at radius 2 is 1.07 bits per heavy atom. The minimum absolute atomic E-state index is 0.648. The fourth-order valence-electron chi connectivity index (χ4n) is 9.00. The molecule has 0 bridgehead atoms. The molecule has 0 unspecified atom stereocenters. The highest BCUT2D eigenvalue weighted by Crippen LogP contribution is 2.41. The van der Waals surface area contributed by atoms with Crippen molar-refractivity contribution in [2.75, 3.05) is 0 Å². The van der Waals surface area contributed by atoms with Gasteiger partial charge in [-0.25, -0.2) is 9.97 Å². The maximum absolute atomic E-state index is 6.56. The molecule has 0 amide bonds. The molecule has 0 saturated heterocycles. The van der Waals surface area contributed by atoms with Crippen molar-refractivity contribution >= 4 is 60.7 Å². The van der Waals surface area contributed by atoms with Crippen molar-refractivity contribution in [3.05, 3.63) is 187 Å². The lowest BCUT2D eigenvalue weighted by molar-refractivity contribution is 0.664. The topological polar surface area (TPSA) is 48.8 Å². The molecule has 0 atom stereocenters. The summed E-state index contributed by atoms with van der Waals surface area (Å²) in [6.45, 7) is 0. The zero-order valence-corrected chi connectivity index (χ0v) is 30.9. The number of para-hydroxylation sites is 3. The number of furan rings is 1. The standard InChI is InChI=1S/C52H34N4O/c1-3-14-33(15-4-1)43-32-44(34-16-5-2-6-17-34)54-52(53-43)56-46-23-11-8-19-38(46)42-31-36(27-29-48(42)56)35-26-28-47-41(30-35)37-18-7-10-22-45(37)55(47)49-24-13-21-40-39-20-9-12-25-50(39)57-51(40)49/h1-9,11-21,23-32H,10,22H2. The molecule has 11 aromatic rings. The third-order valence-electron chi connectivity index (χ3n) is 11.6. The van der Waals surface area contributed by atoms with Crippen molar-refractivity contribution in [3.8, 4) is 45.3 Å². The number of nitrogens with zero attached hydrogens (tertiary/aromatic N) is 4. The predicted molar refractivity (Wildman–Crippen MR) is 234 cm³/mol. The average molecular weight is 731 g/mol. The van der Waals surface area contributed by atoms with Crippen molar-refractivity contribution in [1.29, 1.82) is 0 Å². The molecular weight excluding hydrogens is 697 g/mol. The maximum atomic E-state index is 6.56. The third-order valence-corrected chi connectivity index (χ3v) is 11.6. The second kappa shape index (κ2) is 12.5. The molecule has 1 aliphatic carbocycles. The van der Waals surface area contributed by atoms with Crippen LogP contribution in [0.4, 0.5) is 0 Å². The van der Waals surface area contributed by atoms with Gasteiger partial charge in [-0.15, -0.1) is 0 Å². The van der Waals surface area contributed by atoms with Gasteiger partial charge in [0.25, 0.3) is 0 Å². The first kappa shape index (κ1) is 31.8. The van der Waals surface area contributed by atoms with Crippen LogP contribution in [-0.2, 0) is 6.42 Å². The first-order chi connectivity index (χ1) is 28.3. The summed E-state index contributed by atoms with van der Waals surface area (Å²) < 4.78 is 11.2. The second-order valence-electron chi connectivity index (χ2n) is 14.9. The molecule has 0 N–H and O–H groups in total. The molecule has 0 radical (unpaired) electrons. The van der Waals surface area contributed by atoms with Gasteiger partial charge in [-0.05, 0) is 72.5 Å². The summed E-state index contributed by atoms with van der Waals surface area (Å²) in [5.41, 5.74) is 15.1. The van der Waals surface area contributed by atoms with E-state index in [1.165, 1.54) is 27.7 Å². The van der Waals surface area contributed by atoms with Crippen LogP contribution in [0.25, 0.3) is 106 Å². The van der Waals surface area contributed by atoms with Crippen LogP contribution in [0.5, 0.6) is 0 Å². The van der Waals surface area contributed by atoms with E-state index in [1.54, 1.807) is 0 Å². The largest absolute Gasteiger partial charge is 0.454 e. The molecule has 268 valence electrons. The van der Waals surface area contributed by atoms with Crippen LogP contribution in [-0.4, -0.2) is 19.1 Å². The van der Waals surface area contributed by atoms with Gasteiger partial charge < -0.3 is 8.98 Å². The molecule has 0 aliphatic heterocycles. The minimum Gasteiger partial charge on any atom is -0.454 e. The van der Waals surface area contributed by atoms with Crippen LogP contribution in [0.15, 0.2) is 180 Å². The molecule has 1 aliphatic rings. The van der Waals surface area contributed by atoms with Gasteiger partial charge in [-0.2, -0.15) is 0 Å². The van der Waals surface area contributed by atoms with Gasteiger partial charge in [0.05, 0.1) is 33.6 Å².